The van der Waals surface area contributed by atoms with Crippen molar-refractivity contribution in [2.75, 3.05) is 6.61 Å². The maximum absolute atomic E-state index is 9.02. The van der Waals surface area contributed by atoms with E-state index in [9.17, 15) is 0 Å². The Morgan fingerprint density at radius 2 is 2.20 bits per heavy atom. The van der Waals surface area contributed by atoms with Gasteiger partial charge in [-0.25, -0.2) is 0 Å². The van der Waals surface area contributed by atoms with Crippen LogP contribution in [0.4, 0.5) is 0 Å². The lowest BCUT2D eigenvalue weighted by Crippen LogP contribution is -2.39. The fourth-order valence-electron chi connectivity index (χ4n) is 2.28. The molecule has 0 N–H and O–H groups in total. The van der Waals surface area contributed by atoms with Gasteiger partial charge in [0.1, 0.15) is 12.0 Å². The summed E-state index contributed by atoms with van der Waals surface area (Å²) in [6.45, 7) is 0.486. The lowest BCUT2D eigenvalue weighted by molar-refractivity contribution is -0.236. The highest BCUT2D eigenvalue weighted by molar-refractivity contribution is 5.33. The Balaban J connectivity index is 2.06. The van der Waals surface area contributed by atoms with Crippen LogP contribution in [-0.2, 0) is 15.9 Å². The maximum atomic E-state index is 9.02. The van der Waals surface area contributed by atoms with Crippen LogP contribution in [0.15, 0.2) is 24.3 Å². The molecule has 0 saturated carbocycles. The first-order chi connectivity index (χ1) is 7.38. The fourth-order valence-corrected chi connectivity index (χ4v) is 2.28. The number of rotatable bonds is 0. The molecule has 0 radical (unpaired) electrons. The third-order valence-corrected chi connectivity index (χ3v) is 3.04. The minimum absolute atomic E-state index is 0.0984. The summed E-state index contributed by atoms with van der Waals surface area (Å²) in [6.07, 6.45) is 0.540. The van der Waals surface area contributed by atoms with Crippen molar-refractivity contribution in [3.05, 3.63) is 35.4 Å². The molecule has 3 nitrogen and oxygen atoms in total. The second kappa shape index (κ2) is 3.34. The van der Waals surface area contributed by atoms with Crippen LogP contribution < -0.4 is 0 Å². The van der Waals surface area contributed by atoms with Gasteiger partial charge in [0.15, 0.2) is 6.29 Å². The predicted molar refractivity (Wildman–Crippen MR) is 52.8 cm³/mol. The second-order valence-electron chi connectivity index (χ2n) is 3.96. The largest absolute Gasteiger partial charge is 0.351 e. The van der Waals surface area contributed by atoms with E-state index in [2.05, 4.69) is 12.1 Å². The smallest absolute Gasteiger partial charge is 0.162 e. The molecule has 2 bridgehead atoms. The van der Waals surface area contributed by atoms with Gasteiger partial charge in [-0.05, 0) is 11.1 Å². The lowest BCUT2D eigenvalue weighted by Gasteiger charge is -2.38. The molecule has 3 heteroatoms. The zero-order chi connectivity index (χ0) is 10.3. The summed E-state index contributed by atoms with van der Waals surface area (Å²) in [6, 6.07) is 10.4. The molecule has 1 aromatic carbocycles. The first-order valence-electron chi connectivity index (χ1n) is 5.13. The summed E-state index contributed by atoms with van der Waals surface area (Å²) in [5.41, 5.74) is 2.40. The molecule has 2 heterocycles. The molecule has 2 aliphatic rings. The summed E-state index contributed by atoms with van der Waals surface area (Å²) < 4.78 is 11.2. The Labute approximate surface area is 88.2 Å². The van der Waals surface area contributed by atoms with Gasteiger partial charge in [0, 0.05) is 6.42 Å². The summed E-state index contributed by atoms with van der Waals surface area (Å²) >= 11 is 0. The molecule has 3 atom stereocenters. The van der Waals surface area contributed by atoms with E-state index in [1.54, 1.807) is 0 Å². The minimum atomic E-state index is -0.178. The molecule has 0 amide bonds. The maximum Gasteiger partial charge on any atom is 0.162 e. The van der Waals surface area contributed by atoms with Crippen LogP contribution in [0.5, 0.6) is 0 Å². The van der Waals surface area contributed by atoms with E-state index in [1.807, 2.05) is 18.2 Å². The van der Waals surface area contributed by atoms with E-state index in [0.29, 0.717) is 6.61 Å². The van der Waals surface area contributed by atoms with Crippen LogP contribution >= 0.6 is 0 Å². The van der Waals surface area contributed by atoms with Crippen LogP contribution in [0.25, 0.3) is 0 Å². The monoisotopic (exact) mass is 201 g/mol. The van der Waals surface area contributed by atoms with Gasteiger partial charge in [-0.3, -0.25) is 0 Å². The molecule has 3 rings (SSSR count). The normalized spacial score (nSPS) is 32.9. The first-order valence-corrected chi connectivity index (χ1v) is 5.13. The van der Waals surface area contributed by atoms with E-state index in [-0.39, 0.29) is 18.3 Å². The Morgan fingerprint density at radius 1 is 1.33 bits per heavy atom. The number of nitrogens with zero attached hydrogens (tertiary/aromatic N) is 1. The van der Waals surface area contributed by atoms with E-state index < -0.39 is 0 Å². The van der Waals surface area contributed by atoms with Crippen molar-refractivity contribution in [3.63, 3.8) is 0 Å². The fraction of sp³-hybridized carbons (Fsp3) is 0.417. The average molecular weight is 201 g/mol. The zero-order valence-corrected chi connectivity index (χ0v) is 8.22. The standard InChI is InChI=1S/C12H11NO2/c13-6-9-7-14-11-5-8-3-1-2-4-10(8)12(9)15-11/h1-4,9,11-12H,5,7H2/t9-,11+,12+/m0/s1. The van der Waals surface area contributed by atoms with Crippen LogP contribution in [0.1, 0.15) is 17.2 Å². The SMILES string of the molecule is N#C[C@H]1CO[C@H]2Cc3ccccc3[C@@H]1O2. The van der Waals surface area contributed by atoms with Crippen LogP contribution in [-0.4, -0.2) is 12.9 Å². The summed E-state index contributed by atoms with van der Waals surface area (Å²) in [7, 11) is 0. The van der Waals surface area contributed by atoms with Gasteiger partial charge in [0.25, 0.3) is 0 Å². The molecule has 1 fully saturated rings. The van der Waals surface area contributed by atoms with Crippen molar-refractivity contribution in [2.24, 2.45) is 5.92 Å². The van der Waals surface area contributed by atoms with Crippen molar-refractivity contribution in [1.29, 1.82) is 5.26 Å². The highest BCUT2D eigenvalue weighted by Crippen LogP contribution is 2.39. The van der Waals surface area contributed by atoms with Gasteiger partial charge >= 0.3 is 0 Å². The third kappa shape index (κ3) is 1.34. The lowest BCUT2D eigenvalue weighted by atomic mass is 9.88. The quantitative estimate of drug-likeness (QED) is 0.642. The molecule has 76 valence electrons. The molecule has 0 aromatic heterocycles. The molecule has 2 aliphatic heterocycles. The number of nitriles is 1. The Morgan fingerprint density at radius 3 is 3.07 bits per heavy atom. The zero-order valence-electron chi connectivity index (χ0n) is 8.22. The number of fused-ring (bicyclic) bond motifs is 4. The molecule has 0 unspecified atom stereocenters. The summed E-state index contributed by atoms with van der Waals surface area (Å²) in [4.78, 5) is 0. The summed E-state index contributed by atoms with van der Waals surface area (Å²) in [5, 5.41) is 9.02. The number of ether oxygens (including phenoxy) is 2. The first kappa shape index (κ1) is 8.90. The highest BCUT2D eigenvalue weighted by Gasteiger charge is 2.38. The van der Waals surface area contributed by atoms with E-state index >= 15 is 0 Å². The van der Waals surface area contributed by atoms with Gasteiger partial charge in [0.05, 0.1) is 12.7 Å². The second-order valence-corrected chi connectivity index (χ2v) is 3.96. The van der Waals surface area contributed by atoms with Gasteiger partial charge in [0.2, 0.25) is 0 Å². The Bertz CT molecular complexity index is 424. The topological polar surface area (TPSA) is 42.2 Å². The number of hydrogen-bond acceptors (Lipinski definition) is 3. The third-order valence-electron chi connectivity index (χ3n) is 3.04. The molecule has 15 heavy (non-hydrogen) atoms. The highest BCUT2D eigenvalue weighted by atomic mass is 16.7. The van der Waals surface area contributed by atoms with Crippen molar-refractivity contribution >= 4 is 0 Å². The molecular formula is C12H11NO2. The van der Waals surface area contributed by atoms with Gasteiger partial charge in [-0.15, -0.1) is 0 Å². The number of hydrogen-bond donors (Lipinski definition) is 0. The van der Waals surface area contributed by atoms with Gasteiger partial charge in [-0.2, -0.15) is 5.26 Å². The Kier molecular flexibility index (Phi) is 1.98. The Hall–Kier alpha value is -1.37. The molecular weight excluding hydrogens is 190 g/mol. The van der Waals surface area contributed by atoms with Crippen LogP contribution in [0.2, 0.25) is 0 Å². The number of benzene rings is 1. The molecule has 0 spiro atoms. The van der Waals surface area contributed by atoms with E-state index in [4.69, 9.17) is 14.7 Å². The van der Waals surface area contributed by atoms with Crippen LogP contribution in [0.3, 0.4) is 0 Å². The van der Waals surface area contributed by atoms with Crippen molar-refractivity contribution in [2.45, 2.75) is 18.8 Å². The predicted octanol–water partition coefficient (Wildman–Crippen LogP) is 1.80. The van der Waals surface area contributed by atoms with Crippen molar-refractivity contribution in [3.8, 4) is 6.07 Å². The average Bonchev–Trinajstić information content (AvgIpc) is 2.30. The summed E-state index contributed by atoms with van der Waals surface area (Å²) in [5.74, 6) is -0.178. The minimum Gasteiger partial charge on any atom is -0.351 e. The molecule has 1 aromatic rings. The molecule has 1 saturated heterocycles. The van der Waals surface area contributed by atoms with Gasteiger partial charge < -0.3 is 9.47 Å². The van der Waals surface area contributed by atoms with E-state index in [0.717, 1.165) is 12.0 Å². The van der Waals surface area contributed by atoms with Crippen molar-refractivity contribution in [1.82, 2.24) is 0 Å². The van der Waals surface area contributed by atoms with Crippen molar-refractivity contribution < 1.29 is 9.47 Å². The van der Waals surface area contributed by atoms with Crippen LogP contribution in [0, 0.1) is 17.2 Å². The van der Waals surface area contributed by atoms with Gasteiger partial charge in [-0.1, -0.05) is 24.3 Å². The van der Waals surface area contributed by atoms with E-state index in [1.165, 1.54) is 5.56 Å². The molecule has 0 aliphatic carbocycles.